The molecule has 0 aliphatic carbocycles. The fourth-order valence-electron chi connectivity index (χ4n) is 3.12. The van der Waals surface area contributed by atoms with Gasteiger partial charge in [0.2, 0.25) is 0 Å². The molecule has 0 bridgehead atoms. The summed E-state index contributed by atoms with van der Waals surface area (Å²) >= 11 is 1.83. The number of hydrogen-bond donors (Lipinski definition) is 1. The molecule has 4 rings (SSSR count). The molecule has 128 valence electrons. The Morgan fingerprint density at radius 3 is 3.12 bits per heavy atom. The van der Waals surface area contributed by atoms with Crippen molar-refractivity contribution in [2.75, 3.05) is 24.3 Å². The summed E-state index contributed by atoms with van der Waals surface area (Å²) in [6, 6.07) is 6.95. The molecule has 4 heterocycles. The number of thioether (sulfide) groups is 1. The van der Waals surface area contributed by atoms with Gasteiger partial charge in [0.05, 0.1) is 30.5 Å². The molecule has 1 fully saturated rings. The summed E-state index contributed by atoms with van der Waals surface area (Å²) in [7, 11) is 0. The summed E-state index contributed by atoms with van der Waals surface area (Å²) < 4.78 is 7.15. The fraction of sp³-hybridized carbons (Fsp3) is 0.412. The zero-order chi connectivity index (χ0) is 17.2. The average Bonchev–Trinajstić information content (AvgIpc) is 3.09. The number of fused-ring (bicyclic) bond motifs is 1. The van der Waals surface area contributed by atoms with E-state index >= 15 is 0 Å². The standard InChI is InChI=1S/C17H17N5O2S/c18-6-11-1-2-16(19-7-11)20-14-8-24-9-15(14)22-17(23)5-12-10-25-4-3-13(12)21-22/h1-2,5,7,14-15H,3-4,8-10H2,(H,19,20). The van der Waals surface area contributed by atoms with E-state index in [2.05, 4.69) is 15.4 Å². The van der Waals surface area contributed by atoms with Gasteiger partial charge in [-0.25, -0.2) is 9.67 Å². The minimum Gasteiger partial charge on any atom is -0.377 e. The van der Waals surface area contributed by atoms with Crippen molar-refractivity contribution in [1.82, 2.24) is 14.8 Å². The van der Waals surface area contributed by atoms with E-state index in [1.165, 1.54) is 6.20 Å². The quantitative estimate of drug-likeness (QED) is 0.888. The highest BCUT2D eigenvalue weighted by Gasteiger charge is 2.32. The highest BCUT2D eigenvalue weighted by molar-refractivity contribution is 7.98. The minimum atomic E-state index is -0.176. The zero-order valence-corrected chi connectivity index (χ0v) is 14.3. The van der Waals surface area contributed by atoms with Gasteiger partial charge in [0, 0.05) is 24.4 Å². The van der Waals surface area contributed by atoms with Crippen molar-refractivity contribution in [2.24, 2.45) is 0 Å². The third kappa shape index (κ3) is 3.25. The van der Waals surface area contributed by atoms with Gasteiger partial charge in [-0.15, -0.1) is 0 Å². The Morgan fingerprint density at radius 1 is 1.40 bits per heavy atom. The van der Waals surface area contributed by atoms with E-state index in [1.54, 1.807) is 22.9 Å². The number of nitrogens with zero attached hydrogens (tertiary/aromatic N) is 4. The predicted octanol–water partition coefficient (Wildman–Crippen LogP) is 1.35. The number of hydrogen-bond acceptors (Lipinski definition) is 7. The molecule has 0 radical (unpaired) electrons. The van der Waals surface area contributed by atoms with Crippen LogP contribution in [-0.4, -0.2) is 39.8 Å². The summed E-state index contributed by atoms with van der Waals surface area (Å²) in [5.74, 6) is 2.55. The van der Waals surface area contributed by atoms with E-state index in [0.717, 1.165) is 29.2 Å². The number of pyridine rings is 1. The Morgan fingerprint density at radius 2 is 2.32 bits per heavy atom. The molecule has 0 aromatic carbocycles. The third-order valence-electron chi connectivity index (χ3n) is 4.45. The lowest BCUT2D eigenvalue weighted by Gasteiger charge is -2.23. The summed E-state index contributed by atoms with van der Waals surface area (Å²) in [4.78, 5) is 16.7. The molecular formula is C17H17N5O2S. The van der Waals surface area contributed by atoms with E-state index in [4.69, 9.17) is 10.00 Å². The van der Waals surface area contributed by atoms with E-state index in [9.17, 15) is 4.79 Å². The molecule has 0 spiro atoms. The molecule has 25 heavy (non-hydrogen) atoms. The van der Waals surface area contributed by atoms with E-state index in [-0.39, 0.29) is 17.6 Å². The first-order valence-corrected chi connectivity index (χ1v) is 9.30. The third-order valence-corrected chi connectivity index (χ3v) is 5.46. The van der Waals surface area contributed by atoms with Crippen LogP contribution in [0.5, 0.6) is 0 Å². The van der Waals surface area contributed by atoms with Gasteiger partial charge in [0.25, 0.3) is 5.56 Å². The van der Waals surface area contributed by atoms with Gasteiger partial charge in [-0.1, -0.05) is 0 Å². The molecule has 2 aliphatic heterocycles. The molecule has 1 saturated heterocycles. The molecule has 1 N–H and O–H groups in total. The topological polar surface area (TPSA) is 92.8 Å². The van der Waals surface area contributed by atoms with E-state index in [0.29, 0.717) is 24.6 Å². The van der Waals surface area contributed by atoms with Gasteiger partial charge >= 0.3 is 0 Å². The maximum atomic E-state index is 12.5. The number of nitriles is 1. The zero-order valence-electron chi connectivity index (χ0n) is 13.5. The Hall–Kier alpha value is -2.37. The molecule has 2 aliphatic rings. The summed E-state index contributed by atoms with van der Waals surface area (Å²) in [5, 5.41) is 16.8. The van der Waals surface area contributed by atoms with E-state index < -0.39 is 0 Å². The van der Waals surface area contributed by atoms with Gasteiger partial charge < -0.3 is 10.1 Å². The highest BCUT2D eigenvalue weighted by atomic mass is 32.2. The number of aryl methyl sites for hydroxylation is 1. The largest absolute Gasteiger partial charge is 0.377 e. The monoisotopic (exact) mass is 355 g/mol. The summed E-state index contributed by atoms with van der Waals surface area (Å²) in [6.45, 7) is 0.918. The van der Waals surface area contributed by atoms with Crippen LogP contribution in [0.2, 0.25) is 0 Å². The van der Waals surface area contributed by atoms with Gasteiger partial charge in [0.15, 0.2) is 0 Å². The lowest BCUT2D eigenvalue weighted by molar-refractivity contribution is 0.182. The van der Waals surface area contributed by atoms with Crippen LogP contribution in [-0.2, 0) is 16.9 Å². The number of anilines is 1. The first kappa shape index (κ1) is 16.1. The Balaban J connectivity index is 1.59. The SMILES string of the molecule is N#Cc1ccc(NC2COCC2n2nc3c(cc2=O)CSCC3)nc1. The van der Waals surface area contributed by atoms with Crippen LogP contribution in [0, 0.1) is 11.3 Å². The molecule has 7 nitrogen and oxygen atoms in total. The maximum Gasteiger partial charge on any atom is 0.267 e. The fourth-order valence-corrected chi connectivity index (χ4v) is 4.08. The molecule has 8 heteroatoms. The van der Waals surface area contributed by atoms with Crippen molar-refractivity contribution >= 4 is 17.6 Å². The molecule has 2 aromatic heterocycles. The van der Waals surface area contributed by atoms with E-state index in [1.807, 2.05) is 17.8 Å². The number of aromatic nitrogens is 3. The van der Waals surface area contributed by atoms with Crippen molar-refractivity contribution in [3.63, 3.8) is 0 Å². The molecule has 0 amide bonds. The van der Waals surface area contributed by atoms with Crippen molar-refractivity contribution in [3.8, 4) is 6.07 Å². The smallest absolute Gasteiger partial charge is 0.267 e. The minimum absolute atomic E-state index is 0.0867. The van der Waals surface area contributed by atoms with Gasteiger partial charge in [-0.3, -0.25) is 4.79 Å². The second-order valence-electron chi connectivity index (χ2n) is 6.10. The lowest BCUT2D eigenvalue weighted by atomic mass is 10.1. The van der Waals surface area contributed by atoms with Crippen LogP contribution in [0.4, 0.5) is 5.82 Å². The normalized spacial score (nSPS) is 22.2. The van der Waals surface area contributed by atoms with Crippen LogP contribution in [0.1, 0.15) is 22.9 Å². The Bertz CT molecular complexity index is 874. The predicted molar refractivity (Wildman–Crippen MR) is 94.6 cm³/mol. The van der Waals surface area contributed by atoms with Crippen LogP contribution in [0.25, 0.3) is 0 Å². The van der Waals surface area contributed by atoms with Gasteiger partial charge in [0.1, 0.15) is 17.9 Å². The average molecular weight is 355 g/mol. The molecular weight excluding hydrogens is 338 g/mol. The van der Waals surface area contributed by atoms with Gasteiger partial charge in [-0.2, -0.15) is 22.1 Å². The van der Waals surface area contributed by atoms with Gasteiger partial charge in [-0.05, 0) is 23.4 Å². The van der Waals surface area contributed by atoms with Crippen LogP contribution in [0.15, 0.2) is 29.2 Å². The second-order valence-corrected chi connectivity index (χ2v) is 7.21. The molecule has 2 aromatic rings. The lowest BCUT2D eigenvalue weighted by Crippen LogP contribution is -2.38. The maximum absolute atomic E-state index is 12.5. The summed E-state index contributed by atoms with van der Waals surface area (Å²) in [5.41, 5.74) is 2.49. The Kier molecular flexibility index (Phi) is 4.42. The molecule has 0 saturated carbocycles. The highest BCUT2D eigenvalue weighted by Crippen LogP contribution is 2.24. The van der Waals surface area contributed by atoms with Crippen molar-refractivity contribution in [2.45, 2.75) is 24.3 Å². The van der Waals surface area contributed by atoms with Crippen molar-refractivity contribution in [1.29, 1.82) is 5.26 Å². The summed E-state index contributed by atoms with van der Waals surface area (Å²) in [6.07, 6.45) is 2.41. The van der Waals surface area contributed by atoms with Crippen LogP contribution >= 0.6 is 11.8 Å². The second kappa shape index (κ2) is 6.86. The molecule has 2 unspecified atom stereocenters. The number of nitrogens with one attached hydrogen (secondary N) is 1. The Labute approximate surface area is 149 Å². The van der Waals surface area contributed by atoms with Crippen molar-refractivity contribution in [3.05, 3.63) is 51.6 Å². The molecule has 2 atom stereocenters. The van der Waals surface area contributed by atoms with Crippen LogP contribution in [0.3, 0.4) is 0 Å². The first-order valence-electron chi connectivity index (χ1n) is 8.14. The van der Waals surface area contributed by atoms with Crippen LogP contribution < -0.4 is 10.9 Å². The number of rotatable bonds is 3. The first-order chi connectivity index (χ1) is 12.2. The van der Waals surface area contributed by atoms with Crippen molar-refractivity contribution < 1.29 is 4.74 Å². The number of ether oxygens (including phenoxy) is 1.